The molecule has 3 aromatic carbocycles. The number of ether oxygens (including phenoxy) is 1. The summed E-state index contributed by atoms with van der Waals surface area (Å²) in [5.74, 6) is -1.27. The summed E-state index contributed by atoms with van der Waals surface area (Å²) in [6, 6.07) is 19.5. The number of hydrogen-bond acceptors (Lipinski definition) is 5. The normalized spacial score (nSPS) is 10.9. The molecule has 0 unspecified atom stereocenters. The fraction of sp³-hybridized carbons (Fsp3) is 0.174. The molecule has 0 amide bonds. The summed E-state index contributed by atoms with van der Waals surface area (Å²) < 4.78 is 19.1. The second-order valence-corrected chi connectivity index (χ2v) is 6.57. The molecule has 0 heterocycles. The van der Waals surface area contributed by atoms with Crippen LogP contribution in [0.4, 0.5) is 21.5 Å². The monoisotopic (exact) mass is 391 g/mol. The van der Waals surface area contributed by atoms with Crippen molar-refractivity contribution in [3.63, 3.8) is 0 Å². The number of carbonyl (C=O) groups excluding carboxylic acids is 1. The minimum atomic E-state index is -0.661. The number of anilines is 1. The number of halogens is 1. The summed E-state index contributed by atoms with van der Waals surface area (Å²) in [7, 11) is 3.96. The molecule has 3 rings (SSSR count). The highest BCUT2D eigenvalue weighted by atomic mass is 19.1. The van der Waals surface area contributed by atoms with Gasteiger partial charge in [0, 0.05) is 19.8 Å². The fourth-order valence-electron chi connectivity index (χ4n) is 2.72. The Morgan fingerprint density at radius 3 is 1.97 bits per heavy atom. The Morgan fingerprint density at radius 1 is 0.897 bits per heavy atom. The highest BCUT2D eigenvalue weighted by Gasteiger charge is 2.13. The molecule has 0 aromatic heterocycles. The van der Waals surface area contributed by atoms with Gasteiger partial charge in [-0.25, -0.2) is 9.18 Å². The molecule has 0 bridgehead atoms. The molecule has 0 N–H and O–H groups in total. The lowest BCUT2D eigenvalue weighted by molar-refractivity contribution is 0.0521. The molecule has 29 heavy (non-hydrogen) atoms. The summed E-state index contributed by atoms with van der Waals surface area (Å²) in [5, 5.41) is 8.47. The van der Waals surface area contributed by atoms with Gasteiger partial charge in [0.25, 0.3) is 0 Å². The Hall–Kier alpha value is -3.54. The van der Waals surface area contributed by atoms with E-state index in [9.17, 15) is 9.18 Å². The van der Waals surface area contributed by atoms with Crippen LogP contribution in [0.1, 0.15) is 17.3 Å². The van der Waals surface area contributed by atoms with Gasteiger partial charge in [0.2, 0.25) is 0 Å². The van der Waals surface area contributed by atoms with Gasteiger partial charge in [0.1, 0.15) is 5.82 Å². The SMILES string of the molecule is CCOC(=O)c1ccc(-c2ccc(/N=N/c3ccc(N(C)C)cc3)cc2)cc1F. The van der Waals surface area contributed by atoms with E-state index in [0.29, 0.717) is 11.3 Å². The lowest BCUT2D eigenvalue weighted by atomic mass is 10.0. The fourth-order valence-corrected chi connectivity index (χ4v) is 2.72. The molecule has 0 fully saturated rings. The quantitative estimate of drug-likeness (QED) is 0.374. The van der Waals surface area contributed by atoms with E-state index in [1.165, 1.54) is 12.1 Å². The smallest absolute Gasteiger partial charge is 0.341 e. The van der Waals surface area contributed by atoms with E-state index >= 15 is 0 Å². The van der Waals surface area contributed by atoms with Crippen LogP contribution in [-0.4, -0.2) is 26.7 Å². The number of rotatable bonds is 6. The average molecular weight is 391 g/mol. The number of hydrogen-bond donors (Lipinski definition) is 0. The van der Waals surface area contributed by atoms with Gasteiger partial charge < -0.3 is 9.64 Å². The molecule has 0 aliphatic heterocycles. The Bertz CT molecular complexity index is 1010. The van der Waals surface area contributed by atoms with Gasteiger partial charge in [0.15, 0.2) is 0 Å². The van der Waals surface area contributed by atoms with Crippen molar-refractivity contribution >= 4 is 23.0 Å². The van der Waals surface area contributed by atoms with Gasteiger partial charge >= 0.3 is 5.97 Å². The van der Waals surface area contributed by atoms with Crippen LogP contribution in [-0.2, 0) is 4.74 Å². The minimum absolute atomic E-state index is 0.0682. The molecule has 0 radical (unpaired) electrons. The van der Waals surface area contributed by atoms with Crippen molar-refractivity contribution in [2.24, 2.45) is 10.2 Å². The predicted octanol–water partition coefficient (Wildman–Crippen LogP) is 6.15. The van der Waals surface area contributed by atoms with Crippen LogP contribution >= 0.6 is 0 Å². The lowest BCUT2D eigenvalue weighted by Crippen LogP contribution is -2.07. The lowest BCUT2D eigenvalue weighted by Gasteiger charge is -2.11. The average Bonchev–Trinajstić information content (AvgIpc) is 2.73. The zero-order valence-corrected chi connectivity index (χ0v) is 16.6. The largest absolute Gasteiger partial charge is 0.462 e. The van der Waals surface area contributed by atoms with Crippen molar-refractivity contribution in [1.82, 2.24) is 0 Å². The maximum Gasteiger partial charge on any atom is 0.341 e. The van der Waals surface area contributed by atoms with Crippen LogP contribution in [0, 0.1) is 5.82 Å². The van der Waals surface area contributed by atoms with Gasteiger partial charge in [-0.2, -0.15) is 10.2 Å². The highest BCUT2D eigenvalue weighted by Crippen LogP contribution is 2.26. The molecule has 0 atom stereocenters. The maximum absolute atomic E-state index is 14.2. The van der Waals surface area contributed by atoms with Gasteiger partial charge in [-0.1, -0.05) is 18.2 Å². The van der Waals surface area contributed by atoms with Crippen molar-refractivity contribution in [3.8, 4) is 11.1 Å². The van der Waals surface area contributed by atoms with Crippen molar-refractivity contribution < 1.29 is 13.9 Å². The zero-order valence-electron chi connectivity index (χ0n) is 16.6. The number of esters is 1. The maximum atomic E-state index is 14.2. The second-order valence-electron chi connectivity index (χ2n) is 6.57. The first-order chi connectivity index (χ1) is 14.0. The number of benzene rings is 3. The summed E-state index contributed by atoms with van der Waals surface area (Å²) in [6.45, 7) is 1.89. The van der Waals surface area contributed by atoms with Crippen molar-refractivity contribution in [2.75, 3.05) is 25.6 Å². The molecule has 0 saturated heterocycles. The van der Waals surface area contributed by atoms with E-state index in [-0.39, 0.29) is 12.2 Å². The predicted molar refractivity (Wildman–Crippen MR) is 113 cm³/mol. The molecular weight excluding hydrogens is 369 g/mol. The van der Waals surface area contributed by atoms with Gasteiger partial charge in [0.05, 0.1) is 23.5 Å². The standard InChI is InChI=1S/C23H22FN3O2/c1-4-29-23(28)21-14-7-17(15-22(21)24)16-5-8-18(9-6-16)25-26-19-10-12-20(13-11-19)27(2)3/h5-15H,4H2,1-3H3/b26-25+. The van der Waals surface area contributed by atoms with E-state index in [0.717, 1.165) is 16.9 Å². The first-order valence-corrected chi connectivity index (χ1v) is 9.24. The first-order valence-electron chi connectivity index (χ1n) is 9.24. The Morgan fingerprint density at radius 2 is 1.45 bits per heavy atom. The summed E-state index contributed by atoms with van der Waals surface area (Å²) in [5.41, 5.74) is 3.95. The molecule has 0 saturated carbocycles. The van der Waals surface area contributed by atoms with Crippen LogP contribution in [0.25, 0.3) is 11.1 Å². The van der Waals surface area contributed by atoms with E-state index in [2.05, 4.69) is 10.2 Å². The molecule has 6 heteroatoms. The van der Waals surface area contributed by atoms with Gasteiger partial charge in [-0.15, -0.1) is 0 Å². The van der Waals surface area contributed by atoms with Crippen LogP contribution in [0.2, 0.25) is 0 Å². The van der Waals surface area contributed by atoms with Crippen LogP contribution in [0.3, 0.4) is 0 Å². The Kier molecular flexibility index (Phi) is 6.34. The molecule has 0 spiro atoms. The summed E-state index contributed by atoms with van der Waals surface area (Å²) in [4.78, 5) is 13.7. The first kappa shape index (κ1) is 20.2. The van der Waals surface area contributed by atoms with Crippen LogP contribution in [0.15, 0.2) is 77.0 Å². The van der Waals surface area contributed by atoms with Crippen LogP contribution < -0.4 is 4.90 Å². The van der Waals surface area contributed by atoms with E-state index < -0.39 is 11.8 Å². The molecule has 0 aliphatic carbocycles. The van der Waals surface area contributed by atoms with Crippen molar-refractivity contribution in [2.45, 2.75) is 6.92 Å². The third kappa shape index (κ3) is 5.04. The van der Waals surface area contributed by atoms with Crippen molar-refractivity contribution in [3.05, 3.63) is 78.1 Å². The molecule has 148 valence electrons. The van der Waals surface area contributed by atoms with E-state index in [4.69, 9.17) is 4.74 Å². The number of nitrogens with zero attached hydrogens (tertiary/aromatic N) is 3. The number of azo groups is 1. The second kappa shape index (κ2) is 9.10. The topological polar surface area (TPSA) is 54.3 Å². The molecule has 3 aromatic rings. The van der Waals surface area contributed by atoms with Gasteiger partial charge in [-0.3, -0.25) is 0 Å². The van der Waals surface area contributed by atoms with Crippen LogP contribution in [0.5, 0.6) is 0 Å². The molecular formula is C23H22FN3O2. The summed E-state index contributed by atoms with van der Waals surface area (Å²) >= 11 is 0. The van der Waals surface area contributed by atoms with Gasteiger partial charge in [-0.05, 0) is 66.6 Å². The molecule has 0 aliphatic rings. The Labute approximate surface area is 169 Å². The number of carbonyl (C=O) groups is 1. The van der Waals surface area contributed by atoms with Crippen molar-refractivity contribution in [1.29, 1.82) is 0 Å². The highest BCUT2D eigenvalue weighted by molar-refractivity contribution is 5.90. The molecule has 5 nitrogen and oxygen atoms in total. The zero-order chi connectivity index (χ0) is 20.8. The van der Waals surface area contributed by atoms with E-state index in [1.807, 2.05) is 67.5 Å². The third-order valence-electron chi connectivity index (χ3n) is 4.31. The summed E-state index contributed by atoms with van der Waals surface area (Å²) in [6.07, 6.45) is 0. The minimum Gasteiger partial charge on any atom is -0.462 e. The Balaban J connectivity index is 1.73. The third-order valence-corrected chi connectivity index (χ3v) is 4.31. The van der Waals surface area contributed by atoms with E-state index in [1.54, 1.807) is 13.0 Å².